The SMILES string of the molecule is c1ccc(COc2cccc(CN3CCOC[C@H](Cc4ccc5nccn5n4)C3)c2)nc1. The van der Waals surface area contributed by atoms with E-state index >= 15 is 0 Å². The third kappa shape index (κ3) is 5.30. The number of benzene rings is 1. The lowest BCUT2D eigenvalue weighted by Gasteiger charge is -2.23. The topological polar surface area (TPSA) is 64.8 Å². The molecule has 0 saturated carbocycles. The van der Waals surface area contributed by atoms with E-state index in [0.29, 0.717) is 12.5 Å². The summed E-state index contributed by atoms with van der Waals surface area (Å²) in [5.74, 6) is 1.27. The van der Waals surface area contributed by atoms with Gasteiger partial charge in [0.15, 0.2) is 5.65 Å². The van der Waals surface area contributed by atoms with Gasteiger partial charge in [-0.25, -0.2) is 9.50 Å². The number of ether oxygens (including phenoxy) is 2. The van der Waals surface area contributed by atoms with Crippen molar-refractivity contribution in [3.63, 3.8) is 0 Å². The summed E-state index contributed by atoms with van der Waals surface area (Å²) in [6, 6.07) is 18.3. The lowest BCUT2D eigenvalue weighted by molar-refractivity contribution is 0.121. The molecule has 1 aliphatic rings. The van der Waals surface area contributed by atoms with E-state index in [9.17, 15) is 0 Å². The van der Waals surface area contributed by atoms with Crippen LogP contribution < -0.4 is 4.74 Å². The first-order valence-electron chi connectivity index (χ1n) is 11.0. The van der Waals surface area contributed by atoms with Gasteiger partial charge in [0.05, 0.1) is 24.6 Å². The highest BCUT2D eigenvalue weighted by Gasteiger charge is 2.20. The highest BCUT2D eigenvalue weighted by atomic mass is 16.5. The Morgan fingerprint density at radius 2 is 2.00 bits per heavy atom. The second-order valence-electron chi connectivity index (χ2n) is 8.19. The molecule has 1 aliphatic heterocycles. The lowest BCUT2D eigenvalue weighted by atomic mass is 10.0. The maximum absolute atomic E-state index is 5.95. The van der Waals surface area contributed by atoms with E-state index in [-0.39, 0.29) is 0 Å². The van der Waals surface area contributed by atoms with E-state index in [0.717, 1.165) is 62.1 Å². The fourth-order valence-corrected chi connectivity index (χ4v) is 4.11. The summed E-state index contributed by atoms with van der Waals surface area (Å²) in [6.45, 7) is 4.74. The van der Waals surface area contributed by atoms with Gasteiger partial charge in [-0.1, -0.05) is 18.2 Å². The van der Waals surface area contributed by atoms with E-state index in [1.807, 2.05) is 41.0 Å². The molecule has 0 unspecified atom stereocenters. The zero-order valence-corrected chi connectivity index (χ0v) is 18.0. The van der Waals surface area contributed by atoms with Crippen molar-refractivity contribution < 1.29 is 9.47 Å². The Labute approximate surface area is 187 Å². The molecule has 1 saturated heterocycles. The average molecular weight is 430 g/mol. The van der Waals surface area contributed by atoms with Crippen LogP contribution in [0, 0.1) is 5.92 Å². The summed E-state index contributed by atoms with van der Waals surface area (Å²) in [5, 5.41) is 4.68. The van der Waals surface area contributed by atoms with Gasteiger partial charge in [0.2, 0.25) is 0 Å². The van der Waals surface area contributed by atoms with Crippen molar-refractivity contribution in [3.05, 3.63) is 90.1 Å². The van der Waals surface area contributed by atoms with Gasteiger partial charge in [-0.3, -0.25) is 9.88 Å². The van der Waals surface area contributed by atoms with E-state index < -0.39 is 0 Å². The van der Waals surface area contributed by atoms with Gasteiger partial charge in [-0.15, -0.1) is 0 Å². The van der Waals surface area contributed by atoms with Crippen LogP contribution in [-0.2, 0) is 24.3 Å². The number of nitrogens with zero attached hydrogens (tertiary/aromatic N) is 5. The van der Waals surface area contributed by atoms with Crippen LogP contribution in [0.2, 0.25) is 0 Å². The summed E-state index contributed by atoms with van der Waals surface area (Å²) >= 11 is 0. The number of hydrogen-bond donors (Lipinski definition) is 0. The van der Waals surface area contributed by atoms with Crippen molar-refractivity contribution >= 4 is 5.65 Å². The maximum Gasteiger partial charge on any atom is 0.153 e. The average Bonchev–Trinajstić information content (AvgIpc) is 3.18. The predicted molar refractivity (Wildman–Crippen MR) is 121 cm³/mol. The minimum absolute atomic E-state index is 0.398. The van der Waals surface area contributed by atoms with Gasteiger partial charge in [0.1, 0.15) is 12.4 Å². The summed E-state index contributed by atoms with van der Waals surface area (Å²) in [4.78, 5) is 11.1. The molecule has 0 amide bonds. The molecule has 0 N–H and O–H groups in total. The second-order valence-corrected chi connectivity index (χ2v) is 8.19. The number of rotatable bonds is 7. The normalized spacial score (nSPS) is 17.3. The van der Waals surface area contributed by atoms with Crippen LogP contribution in [0.15, 0.2) is 73.2 Å². The Balaban J connectivity index is 1.20. The minimum Gasteiger partial charge on any atom is -0.487 e. The lowest BCUT2D eigenvalue weighted by Crippen LogP contribution is -2.30. The Morgan fingerprint density at radius 1 is 1.00 bits per heavy atom. The molecule has 0 radical (unpaired) electrons. The third-order valence-electron chi connectivity index (χ3n) is 5.65. The highest BCUT2D eigenvalue weighted by molar-refractivity contribution is 5.36. The molecule has 32 heavy (non-hydrogen) atoms. The van der Waals surface area contributed by atoms with Crippen LogP contribution in [0.1, 0.15) is 17.0 Å². The van der Waals surface area contributed by atoms with Crippen molar-refractivity contribution in [1.82, 2.24) is 24.5 Å². The third-order valence-corrected chi connectivity index (χ3v) is 5.65. The molecule has 4 heterocycles. The molecule has 7 nitrogen and oxygen atoms in total. The van der Waals surface area contributed by atoms with Gasteiger partial charge >= 0.3 is 0 Å². The van der Waals surface area contributed by atoms with Gasteiger partial charge in [-0.05, 0) is 48.4 Å². The fourth-order valence-electron chi connectivity index (χ4n) is 4.11. The Morgan fingerprint density at radius 3 is 2.94 bits per heavy atom. The van der Waals surface area contributed by atoms with E-state index in [1.54, 1.807) is 12.4 Å². The largest absolute Gasteiger partial charge is 0.487 e. The monoisotopic (exact) mass is 429 g/mol. The Hall–Kier alpha value is -3.29. The van der Waals surface area contributed by atoms with Crippen LogP contribution in [0.25, 0.3) is 5.65 Å². The number of fused-ring (bicyclic) bond motifs is 1. The number of imidazole rings is 1. The highest BCUT2D eigenvalue weighted by Crippen LogP contribution is 2.19. The summed E-state index contributed by atoms with van der Waals surface area (Å²) in [6.07, 6.45) is 6.34. The molecule has 7 heteroatoms. The van der Waals surface area contributed by atoms with Crippen molar-refractivity contribution in [2.45, 2.75) is 19.6 Å². The first kappa shape index (κ1) is 20.6. The molecule has 1 atom stereocenters. The zero-order valence-electron chi connectivity index (χ0n) is 18.0. The van der Waals surface area contributed by atoms with E-state index in [4.69, 9.17) is 9.47 Å². The zero-order chi connectivity index (χ0) is 21.6. The fraction of sp³-hybridized carbons (Fsp3) is 0.320. The molecular weight excluding hydrogens is 402 g/mol. The number of hydrogen-bond acceptors (Lipinski definition) is 6. The van der Waals surface area contributed by atoms with Crippen LogP contribution in [0.5, 0.6) is 5.75 Å². The molecular formula is C25H27N5O2. The Kier molecular flexibility index (Phi) is 6.37. The van der Waals surface area contributed by atoms with Crippen molar-refractivity contribution in [1.29, 1.82) is 0 Å². The van der Waals surface area contributed by atoms with Gasteiger partial charge in [0.25, 0.3) is 0 Å². The van der Waals surface area contributed by atoms with Crippen LogP contribution >= 0.6 is 0 Å². The van der Waals surface area contributed by atoms with Crippen molar-refractivity contribution in [2.75, 3.05) is 26.3 Å². The van der Waals surface area contributed by atoms with Crippen LogP contribution in [-0.4, -0.2) is 50.8 Å². The van der Waals surface area contributed by atoms with E-state index in [1.165, 1.54) is 5.56 Å². The molecule has 4 aromatic rings. The summed E-state index contributed by atoms with van der Waals surface area (Å²) in [5.41, 5.74) is 4.10. The Bertz CT molecular complexity index is 1150. The molecule has 1 fully saturated rings. The van der Waals surface area contributed by atoms with Crippen LogP contribution in [0.4, 0.5) is 0 Å². The maximum atomic E-state index is 5.95. The molecule has 5 rings (SSSR count). The number of aromatic nitrogens is 4. The standard InChI is InChI=1S/C25H27N5O2/c1-2-9-26-23(5-1)19-32-24-6-3-4-20(15-24)16-29-12-13-31-18-21(17-29)14-22-7-8-25-27-10-11-30(25)28-22/h1-11,15,21H,12-14,16-19H2/t21-/m1/s1. The molecule has 1 aromatic carbocycles. The second kappa shape index (κ2) is 9.89. The summed E-state index contributed by atoms with van der Waals surface area (Å²) in [7, 11) is 0. The molecule has 0 bridgehead atoms. The molecule has 3 aromatic heterocycles. The quantitative estimate of drug-likeness (QED) is 0.449. The van der Waals surface area contributed by atoms with E-state index in [2.05, 4.69) is 44.2 Å². The first-order valence-corrected chi connectivity index (χ1v) is 11.0. The molecule has 0 aliphatic carbocycles. The van der Waals surface area contributed by atoms with Crippen molar-refractivity contribution in [3.8, 4) is 5.75 Å². The smallest absolute Gasteiger partial charge is 0.153 e. The molecule has 164 valence electrons. The van der Waals surface area contributed by atoms with Crippen molar-refractivity contribution in [2.24, 2.45) is 5.92 Å². The first-order chi connectivity index (χ1) is 15.8. The number of pyridine rings is 1. The van der Waals surface area contributed by atoms with Crippen LogP contribution in [0.3, 0.4) is 0 Å². The molecule has 0 spiro atoms. The minimum atomic E-state index is 0.398. The van der Waals surface area contributed by atoms with Gasteiger partial charge in [-0.2, -0.15) is 5.10 Å². The van der Waals surface area contributed by atoms with Gasteiger partial charge in [0, 0.05) is 44.1 Å². The van der Waals surface area contributed by atoms with Gasteiger partial charge < -0.3 is 9.47 Å². The predicted octanol–water partition coefficient (Wildman–Crippen LogP) is 3.39. The summed E-state index contributed by atoms with van der Waals surface area (Å²) < 4.78 is 13.7.